The van der Waals surface area contributed by atoms with Gasteiger partial charge in [-0.25, -0.2) is 22.0 Å². The highest BCUT2D eigenvalue weighted by molar-refractivity contribution is 5.99. The Labute approximate surface area is 199 Å². The molecule has 1 saturated carbocycles. The van der Waals surface area contributed by atoms with E-state index < -0.39 is 47.8 Å². The summed E-state index contributed by atoms with van der Waals surface area (Å²) in [6.45, 7) is 1.23. The van der Waals surface area contributed by atoms with Gasteiger partial charge in [0.1, 0.15) is 11.4 Å². The zero-order chi connectivity index (χ0) is 25.3. The Morgan fingerprint density at radius 2 is 1.86 bits per heavy atom. The van der Waals surface area contributed by atoms with Crippen LogP contribution in [0.25, 0.3) is 0 Å². The number of pyridine rings is 1. The number of rotatable bonds is 8. The third-order valence-electron chi connectivity index (χ3n) is 6.81. The van der Waals surface area contributed by atoms with Gasteiger partial charge in [0.15, 0.2) is 0 Å². The number of carbonyl (C=O) groups excluding carboxylic acids is 1. The Balaban J connectivity index is 1.62. The Kier molecular flexibility index (Phi) is 7.16. The van der Waals surface area contributed by atoms with E-state index in [2.05, 4.69) is 15.5 Å². The van der Waals surface area contributed by atoms with Gasteiger partial charge in [-0.1, -0.05) is 18.2 Å². The molecule has 0 bridgehead atoms. The maximum absolute atomic E-state index is 14.4. The van der Waals surface area contributed by atoms with Gasteiger partial charge in [-0.3, -0.25) is 9.59 Å². The van der Waals surface area contributed by atoms with Gasteiger partial charge >= 0.3 is 0 Å². The first kappa shape index (κ1) is 25.2. The van der Waals surface area contributed by atoms with Crippen LogP contribution >= 0.6 is 0 Å². The molecule has 2 fully saturated rings. The van der Waals surface area contributed by atoms with Gasteiger partial charge in [-0.15, -0.1) is 0 Å². The number of benzene rings is 1. The van der Waals surface area contributed by atoms with Crippen molar-refractivity contribution >= 4 is 11.6 Å². The van der Waals surface area contributed by atoms with Gasteiger partial charge in [-0.2, -0.15) is 0 Å². The third-order valence-corrected chi connectivity index (χ3v) is 6.81. The lowest BCUT2D eigenvalue weighted by Crippen LogP contribution is -2.39. The minimum absolute atomic E-state index is 0.0295. The first-order valence-corrected chi connectivity index (χ1v) is 11.5. The molecule has 0 unspecified atom stereocenters. The molecule has 6 nitrogen and oxygen atoms in total. The highest BCUT2D eigenvalue weighted by atomic mass is 19.3. The van der Waals surface area contributed by atoms with Crippen LogP contribution < -0.4 is 16.2 Å². The quantitative estimate of drug-likeness (QED) is 0.538. The number of amides is 1. The van der Waals surface area contributed by atoms with Crippen molar-refractivity contribution in [2.75, 3.05) is 25.5 Å². The van der Waals surface area contributed by atoms with Crippen molar-refractivity contribution in [2.24, 2.45) is 0 Å². The summed E-state index contributed by atoms with van der Waals surface area (Å²) in [5.41, 5.74) is -3.05. The molecule has 11 heteroatoms. The highest BCUT2D eigenvalue weighted by Crippen LogP contribution is 2.48. The number of likely N-dealkylation sites (tertiary alicyclic amines) is 1. The molecule has 2 aliphatic rings. The van der Waals surface area contributed by atoms with Crippen molar-refractivity contribution in [3.05, 3.63) is 63.3 Å². The van der Waals surface area contributed by atoms with Crippen molar-refractivity contribution in [3.63, 3.8) is 0 Å². The molecule has 4 rings (SSSR count). The van der Waals surface area contributed by atoms with E-state index in [9.17, 15) is 31.5 Å². The van der Waals surface area contributed by atoms with Crippen molar-refractivity contribution in [3.8, 4) is 0 Å². The van der Waals surface area contributed by atoms with Gasteiger partial charge in [0.2, 0.25) is 0 Å². The molecule has 2 aromatic rings. The van der Waals surface area contributed by atoms with Crippen LogP contribution in [0.1, 0.15) is 53.6 Å². The monoisotopic (exact) mass is 498 g/mol. The van der Waals surface area contributed by atoms with Gasteiger partial charge in [0.05, 0.1) is 16.8 Å². The zero-order valence-corrected chi connectivity index (χ0v) is 19.2. The number of nitrogens with zero attached hydrogens (tertiary/aromatic N) is 2. The van der Waals surface area contributed by atoms with E-state index in [4.69, 9.17) is 0 Å². The second-order valence-electron chi connectivity index (χ2n) is 9.24. The number of carbonyl (C=O) groups is 1. The molecule has 1 amide bonds. The number of aromatic nitrogens is 1. The number of anilines is 1. The maximum Gasteiger partial charge on any atom is 0.266 e. The number of hydrogen-bond acceptors (Lipinski definition) is 4. The molecule has 0 atom stereocenters. The van der Waals surface area contributed by atoms with Crippen molar-refractivity contribution in [1.82, 2.24) is 14.8 Å². The molecule has 2 heterocycles. The van der Waals surface area contributed by atoms with Gasteiger partial charge in [0.25, 0.3) is 24.3 Å². The summed E-state index contributed by atoms with van der Waals surface area (Å²) in [6.07, 6.45) is -2.93. The lowest BCUT2D eigenvalue weighted by Gasteiger charge is -2.31. The molecule has 2 N–H and O–H groups in total. The highest BCUT2D eigenvalue weighted by Gasteiger charge is 2.53. The minimum atomic E-state index is -3.01. The summed E-state index contributed by atoms with van der Waals surface area (Å²) in [6, 6.07) is 4.62. The molecule has 1 aliphatic heterocycles. The predicted molar refractivity (Wildman–Crippen MR) is 121 cm³/mol. The second-order valence-corrected chi connectivity index (χ2v) is 9.24. The average molecular weight is 498 g/mol. The number of nitrogens with one attached hydrogen (secondary N) is 2. The fourth-order valence-corrected chi connectivity index (χ4v) is 4.42. The first-order valence-electron chi connectivity index (χ1n) is 11.5. The van der Waals surface area contributed by atoms with Crippen molar-refractivity contribution in [2.45, 2.75) is 56.7 Å². The molecule has 1 aromatic carbocycles. The Bertz CT molecular complexity index is 1140. The molecule has 1 saturated heterocycles. The smallest absolute Gasteiger partial charge is 0.266 e. The van der Waals surface area contributed by atoms with E-state index in [-0.39, 0.29) is 35.7 Å². The van der Waals surface area contributed by atoms with E-state index in [0.717, 1.165) is 48.8 Å². The molecule has 35 heavy (non-hydrogen) atoms. The van der Waals surface area contributed by atoms with E-state index in [1.807, 2.05) is 7.05 Å². The number of hydrogen-bond donors (Lipinski definition) is 2. The van der Waals surface area contributed by atoms with E-state index in [0.29, 0.717) is 0 Å². The fourth-order valence-electron chi connectivity index (χ4n) is 4.42. The standard InChI is InChI=1S/C24H27F5N4O2/c1-32-9-5-15(6-10-32)31-18-11-19(34)33(24(7-8-24)23(28)29)13-17(18)22(35)30-12-14-3-2-4-16(20(14)25)21(26)27/h2-4,11,13,15,21,23,31H,5-10,12H2,1H3,(H,30,35). The largest absolute Gasteiger partial charge is 0.381 e. The van der Waals surface area contributed by atoms with E-state index in [1.54, 1.807) is 0 Å². The van der Waals surface area contributed by atoms with Crippen molar-refractivity contribution in [1.29, 1.82) is 0 Å². The number of halogens is 5. The van der Waals surface area contributed by atoms with Crippen LogP contribution in [0.15, 0.2) is 35.3 Å². The average Bonchev–Trinajstić information content (AvgIpc) is 3.62. The molecule has 0 radical (unpaired) electrons. The molecule has 1 aliphatic carbocycles. The summed E-state index contributed by atoms with van der Waals surface area (Å²) >= 11 is 0. The Morgan fingerprint density at radius 1 is 1.17 bits per heavy atom. The zero-order valence-electron chi connectivity index (χ0n) is 19.2. The van der Waals surface area contributed by atoms with Crippen LogP contribution in [0.5, 0.6) is 0 Å². The van der Waals surface area contributed by atoms with Crippen molar-refractivity contribution < 1.29 is 26.7 Å². The topological polar surface area (TPSA) is 66.4 Å². The molecule has 190 valence electrons. The normalized spacial score (nSPS) is 18.2. The minimum Gasteiger partial charge on any atom is -0.381 e. The Morgan fingerprint density at radius 3 is 2.46 bits per heavy atom. The molecular formula is C24H27F5N4O2. The lowest BCUT2D eigenvalue weighted by molar-refractivity contribution is 0.0648. The Hall–Kier alpha value is -2.95. The van der Waals surface area contributed by atoms with Gasteiger partial charge in [-0.05, 0) is 45.8 Å². The first-order chi connectivity index (χ1) is 16.6. The summed E-state index contributed by atoms with van der Waals surface area (Å²) in [5, 5.41) is 5.67. The molecule has 0 spiro atoms. The summed E-state index contributed by atoms with van der Waals surface area (Å²) in [5.74, 6) is -1.85. The van der Waals surface area contributed by atoms with E-state index in [1.165, 1.54) is 12.1 Å². The molecular weight excluding hydrogens is 471 g/mol. The second kappa shape index (κ2) is 9.96. The SMILES string of the molecule is CN1CCC(Nc2cc(=O)n(C3(C(F)F)CC3)cc2C(=O)NCc2cccc(C(F)F)c2F)CC1. The summed E-state index contributed by atoms with van der Waals surface area (Å²) < 4.78 is 68.7. The van der Waals surface area contributed by atoms with Crippen LogP contribution in [-0.4, -0.2) is 48.0 Å². The predicted octanol–water partition coefficient (Wildman–Crippen LogP) is 4.12. The lowest BCUT2D eigenvalue weighted by atomic mass is 10.0. The third kappa shape index (κ3) is 5.19. The van der Waals surface area contributed by atoms with Gasteiger partial charge in [0, 0.05) is 30.4 Å². The van der Waals surface area contributed by atoms with E-state index >= 15 is 0 Å². The van der Waals surface area contributed by atoms with Crippen LogP contribution in [-0.2, 0) is 12.1 Å². The van der Waals surface area contributed by atoms with Crippen LogP contribution in [0.4, 0.5) is 27.6 Å². The van der Waals surface area contributed by atoms with Crippen LogP contribution in [0, 0.1) is 5.82 Å². The molecule has 1 aromatic heterocycles. The maximum atomic E-state index is 14.4. The van der Waals surface area contributed by atoms with Crippen LogP contribution in [0.3, 0.4) is 0 Å². The number of piperidine rings is 1. The summed E-state index contributed by atoms with van der Waals surface area (Å²) in [7, 11) is 1.98. The van der Waals surface area contributed by atoms with Gasteiger partial charge < -0.3 is 20.1 Å². The number of alkyl halides is 4. The van der Waals surface area contributed by atoms with Crippen LogP contribution in [0.2, 0.25) is 0 Å². The fraction of sp³-hybridized carbons (Fsp3) is 0.500. The summed E-state index contributed by atoms with van der Waals surface area (Å²) in [4.78, 5) is 28.0.